The van der Waals surface area contributed by atoms with Gasteiger partial charge in [0.25, 0.3) is 11.5 Å². The van der Waals surface area contributed by atoms with Gasteiger partial charge in [-0.1, -0.05) is 0 Å². The largest absolute Gasteiger partial charge is 0.463 e. The van der Waals surface area contributed by atoms with Crippen LogP contribution < -0.4 is 10.9 Å². The average Bonchev–Trinajstić information content (AvgIpc) is 3.35. The van der Waals surface area contributed by atoms with E-state index in [2.05, 4.69) is 20.4 Å². The van der Waals surface area contributed by atoms with Gasteiger partial charge in [-0.25, -0.2) is 4.98 Å². The molecule has 0 spiro atoms. The maximum Gasteiger partial charge on any atom is 0.262 e. The van der Waals surface area contributed by atoms with Gasteiger partial charge in [0.1, 0.15) is 17.1 Å². The number of furan rings is 1. The van der Waals surface area contributed by atoms with Crippen molar-refractivity contribution in [2.75, 3.05) is 5.32 Å². The van der Waals surface area contributed by atoms with Gasteiger partial charge in [-0.2, -0.15) is 9.78 Å². The van der Waals surface area contributed by atoms with Crippen molar-refractivity contribution in [1.29, 1.82) is 0 Å². The number of hydrogen-bond acceptors (Lipinski definition) is 6. The van der Waals surface area contributed by atoms with E-state index in [9.17, 15) is 9.59 Å². The number of amides is 1. The maximum atomic E-state index is 12.4. The highest BCUT2D eigenvalue weighted by Crippen LogP contribution is 2.26. The van der Waals surface area contributed by atoms with Crippen LogP contribution in [0.25, 0.3) is 16.6 Å². The number of H-pyrrole nitrogens is 1. The van der Waals surface area contributed by atoms with Crippen LogP contribution in [-0.2, 0) is 0 Å². The van der Waals surface area contributed by atoms with Crippen molar-refractivity contribution in [2.45, 2.75) is 6.92 Å². The zero-order valence-electron chi connectivity index (χ0n) is 13.6. The van der Waals surface area contributed by atoms with Crippen molar-refractivity contribution in [2.24, 2.45) is 0 Å². The summed E-state index contributed by atoms with van der Waals surface area (Å²) in [4.78, 5) is 31.2. The van der Waals surface area contributed by atoms with Crippen molar-refractivity contribution in [3.05, 3.63) is 69.8 Å². The standard InChI is InChI=1S/C17H13N5O3S/c1-10-8-14(20-16(24)11-4-2-6-18-15(11)23)22(21-10)17-19-12(9-26-17)13-5-3-7-25-13/h2-9H,1H3,(H,18,23)(H,20,24). The Morgan fingerprint density at radius 2 is 2.23 bits per heavy atom. The molecular weight excluding hydrogens is 354 g/mol. The Balaban J connectivity index is 1.66. The third kappa shape index (κ3) is 2.95. The molecule has 0 aliphatic carbocycles. The smallest absolute Gasteiger partial charge is 0.262 e. The third-order valence-corrected chi connectivity index (χ3v) is 4.40. The van der Waals surface area contributed by atoms with Gasteiger partial charge >= 0.3 is 0 Å². The Morgan fingerprint density at radius 3 is 3.00 bits per heavy atom. The zero-order chi connectivity index (χ0) is 18.1. The summed E-state index contributed by atoms with van der Waals surface area (Å²) in [5, 5.41) is 9.51. The quantitative estimate of drug-likeness (QED) is 0.577. The molecule has 4 aromatic heterocycles. The Kier molecular flexibility index (Phi) is 3.98. The molecule has 9 heteroatoms. The van der Waals surface area contributed by atoms with E-state index in [1.54, 1.807) is 24.5 Å². The number of aryl methyl sites for hydroxylation is 1. The van der Waals surface area contributed by atoms with Crippen LogP contribution in [0, 0.1) is 6.92 Å². The van der Waals surface area contributed by atoms with Crippen LogP contribution in [-0.4, -0.2) is 25.7 Å². The van der Waals surface area contributed by atoms with Crippen molar-refractivity contribution in [3.63, 3.8) is 0 Å². The first-order chi connectivity index (χ1) is 12.6. The van der Waals surface area contributed by atoms with Gasteiger partial charge in [-0.15, -0.1) is 11.3 Å². The number of pyridine rings is 1. The van der Waals surface area contributed by atoms with E-state index in [1.165, 1.54) is 28.3 Å². The van der Waals surface area contributed by atoms with E-state index >= 15 is 0 Å². The number of anilines is 1. The molecular formula is C17H13N5O3S. The number of thiazole rings is 1. The average molecular weight is 367 g/mol. The van der Waals surface area contributed by atoms with E-state index in [0.29, 0.717) is 28.1 Å². The number of carbonyl (C=O) groups excluding carboxylic acids is 1. The zero-order valence-corrected chi connectivity index (χ0v) is 14.4. The van der Waals surface area contributed by atoms with Crippen LogP contribution in [0.4, 0.5) is 5.82 Å². The van der Waals surface area contributed by atoms with Crippen LogP contribution >= 0.6 is 11.3 Å². The van der Waals surface area contributed by atoms with Gasteiger partial charge in [-0.3, -0.25) is 9.59 Å². The van der Waals surface area contributed by atoms with E-state index in [4.69, 9.17) is 4.42 Å². The molecule has 8 nitrogen and oxygen atoms in total. The molecule has 2 N–H and O–H groups in total. The third-order valence-electron chi connectivity index (χ3n) is 3.58. The number of rotatable bonds is 4. The molecule has 0 saturated carbocycles. The second-order valence-electron chi connectivity index (χ2n) is 5.44. The highest BCUT2D eigenvalue weighted by atomic mass is 32.1. The number of aromatic amines is 1. The van der Waals surface area contributed by atoms with E-state index in [-0.39, 0.29) is 5.56 Å². The maximum absolute atomic E-state index is 12.4. The molecule has 26 heavy (non-hydrogen) atoms. The Morgan fingerprint density at radius 1 is 1.35 bits per heavy atom. The summed E-state index contributed by atoms with van der Waals surface area (Å²) in [5.74, 6) is 0.560. The molecule has 0 fully saturated rings. The minimum Gasteiger partial charge on any atom is -0.463 e. The van der Waals surface area contributed by atoms with Crippen LogP contribution in [0.1, 0.15) is 16.1 Å². The number of aromatic nitrogens is 4. The number of carbonyl (C=O) groups is 1. The SMILES string of the molecule is Cc1cc(NC(=O)c2ccc[nH]c2=O)n(-c2nc(-c3ccco3)cs2)n1. The molecule has 0 bridgehead atoms. The Labute approximate surface area is 151 Å². The van der Waals surface area contributed by atoms with E-state index in [0.717, 1.165) is 0 Å². The number of hydrogen-bond donors (Lipinski definition) is 2. The summed E-state index contributed by atoms with van der Waals surface area (Å²) < 4.78 is 6.88. The molecule has 4 heterocycles. The minimum atomic E-state index is -0.518. The van der Waals surface area contributed by atoms with Crippen LogP contribution in [0.3, 0.4) is 0 Å². The molecule has 0 aromatic carbocycles. The fourth-order valence-corrected chi connectivity index (χ4v) is 3.19. The van der Waals surface area contributed by atoms with Crippen molar-refractivity contribution in [3.8, 4) is 16.6 Å². The molecule has 0 unspecified atom stereocenters. The molecule has 0 radical (unpaired) electrons. The van der Waals surface area contributed by atoms with Gasteiger partial charge < -0.3 is 14.7 Å². The molecule has 0 aliphatic heterocycles. The summed E-state index contributed by atoms with van der Waals surface area (Å²) in [6, 6.07) is 8.37. The fraction of sp³-hybridized carbons (Fsp3) is 0.0588. The first kappa shape index (κ1) is 16.0. The molecule has 0 atom stereocenters. The second-order valence-corrected chi connectivity index (χ2v) is 6.28. The predicted octanol–water partition coefficient (Wildman–Crippen LogP) is 2.84. The lowest BCUT2D eigenvalue weighted by Crippen LogP contribution is -2.23. The lowest BCUT2D eigenvalue weighted by Gasteiger charge is -2.06. The van der Waals surface area contributed by atoms with Gasteiger partial charge in [-0.05, 0) is 31.2 Å². The summed E-state index contributed by atoms with van der Waals surface area (Å²) in [6.45, 7) is 1.81. The molecule has 4 rings (SSSR count). The summed E-state index contributed by atoms with van der Waals surface area (Å²) in [5.41, 5.74) is 0.951. The Bertz CT molecular complexity index is 1120. The van der Waals surface area contributed by atoms with Crippen molar-refractivity contribution in [1.82, 2.24) is 19.7 Å². The molecule has 0 aliphatic rings. The first-order valence-electron chi connectivity index (χ1n) is 7.67. The van der Waals surface area contributed by atoms with Crippen LogP contribution in [0.15, 0.2) is 57.4 Å². The van der Waals surface area contributed by atoms with E-state index in [1.807, 2.05) is 18.4 Å². The predicted molar refractivity (Wildman–Crippen MR) is 96.7 cm³/mol. The molecule has 0 saturated heterocycles. The highest BCUT2D eigenvalue weighted by molar-refractivity contribution is 7.12. The lowest BCUT2D eigenvalue weighted by atomic mass is 10.2. The second kappa shape index (κ2) is 6.45. The van der Waals surface area contributed by atoms with Crippen molar-refractivity contribution < 1.29 is 9.21 Å². The van der Waals surface area contributed by atoms with Gasteiger partial charge in [0.15, 0.2) is 5.76 Å². The topological polar surface area (TPSA) is 106 Å². The summed E-state index contributed by atoms with van der Waals surface area (Å²) >= 11 is 1.36. The summed E-state index contributed by atoms with van der Waals surface area (Å²) in [7, 11) is 0. The normalized spacial score (nSPS) is 10.8. The van der Waals surface area contributed by atoms with Gasteiger partial charge in [0.2, 0.25) is 5.13 Å². The van der Waals surface area contributed by atoms with Crippen LogP contribution in [0.2, 0.25) is 0 Å². The van der Waals surface area contributed by atoms with Crippen LogP contribution in [0.5, 0.6) is 0 Å². The number of nitrogens with one attached hydrogen (secondary N) is 2. The monoisotopic (exact) mass is 367 g/mol. The minimum absolute atomic E-state index is 0.0216. The molecule has 4 aromatic rings. The highest BCUT2D eigenvalue weighted by Gasteiger charge is 2.17. The fourth-order valence-electron chi connectivity index (χ4n) is 2.42. The van der Waals surface area contributed by atoms with Gasteiger partial charge in [0, 0.05) is 17.6 Å². The van der Waals surface area contributed by atoms with Gasteiger partial charge in [0.05, 0.1) is 12.0 Å². The molecule has 130 valence electrons. The number of nitrogens with zero attached hydrogens (tertiary/aromatic N) is 3. The van der Waals surface area contributed by atoms with E-state index < -0.39 is 11.5 Å². The Hall–Kier alpha value is -3.46. The lowest BCUT2D eigenvalue weighted by molar-refractivity contribution is 0.102. The summed E-state index contributed by atoms with van der Waals surface area (Å²) in [6.07, 6.45) is 3.05. The van der Waals surface area contributed by atoms with Crippen molar-refractivity contribution >= 4 is 23.1 Å². The molecule has 1 amide bonds. The first-order valence-corrected chi connectivity index (χ1v) is 8.55.